The lowest BCUT2D eigenvalue weighted by Crippen LogP contribution is -2.35. The Morgan fingerprint density at radius 1 is 1.30 bits per heavy atom. The molecule has 0 radical (unpaired) electrons. The minimum Gasteiger partial charge on any atom is -0.379 e. The molecule has 6 nitrogen and oxygen atoms in total. The van der Waals surface area contributed by atoms with Gasteiger partial charge in [0, 0.05) is 25.7 Å². The summed E-state index contributed by atoms with van der Waals surface area (Å²) in [5, 5.41) is 6.81. The van der Waals surface area contributed by atoms with E-state index in [1.54, 1.807) is 6.07 Å². The zero-order valence-corrected chi connectivity index (χ0v) is 13.6. The van der Waals surface area contributed by atoms with E-state index in [1.165, 1.54) is 31.3 Å². The number of aromatic nitrogens is 1. The normalized spacial score (nSPS) is 19.4. The van der Waals surface area contributed by atoms with Crippen molar-refractivity contribution in [1.82, 2.24) is 15.4 Å². The van der Waals surface area contributed by atoms with Gasteiger partial charge in [0.2, 0.25) is 0 Å². The number of rotatable bonds is 6. The van der Waals surface area contributed by atoms with E-state index in [2.05, 4.69) is 21.4 Å². The van der Waals surface area contributed by atoms with E-state index in [4.69, 9.17) is 9.26 Å². The molecule has 0 saturated carbocycles. The quantitative estimate of drug-likeness (QED) is 0.814. The van der Waals surface area contributed by atoms with Gasteiger partial charge < -0.3 is 14.6 Å². The number of carbonyl (C=O) groups is 1. The van der Waals surface area contributed by atoms with Crippen LogP contribution in [0.3, 0.4) is 0 Å². The lowest BCUT2D eigenvalue weighted by molar-refractivity contribution is 0.0305. The molecular formula is C17H25N3O3. The van der Waals surface area contributed by atoms with Crippen molar-refractivity contribution in [2.75, 3.05) is 32.8 Å². The van der Waals surface area contributed by atoms with Gasteiger partial charge in [-0.25, -0.2) is 0 Å². The fourth-order valence-electron chi connectivity index (χ4n) is 3.03. The van der Waals surface area contributed by atoms with Gasteiger partial charge in [0.25, 0.3) is 5.91 Å². The standard InChI is InChI=1S/C17H25N3O3/c21-17(18-7-6-14-4-2-1-3-5-14)16-12-15(23-19-16)13-20-8-10-22-11-9-20/h4,12H,1-3,5-11,13H2,(H,18,21). The maximum atomic E-state index is 12.1. The molecule has 1 amide bonds. The van der Waals surface area contributed by atoms with Gasteiger partial charge in [-0.15, -0.1) is 0 Å². The van der Waals surface area contributed by atoms with Crippen LogP contribution in [0.15, 0.2) is 22.2 Å². The van der Waals surface area contributed by atoms with Crippen molar-refractivity contribution in [3.05, 3.63) is 29.2 Å². The zero-order valence-electron chi connectivity index (χ0n) is 13.6. The second-order valence-corrected chi connectivity index (χ2v) is 6.18. The van der Waals surface area contributed by atoms with Crippen LogP contribution >= 0.6 is 0 Å². The highest BCUT2D eigenvalue weighted by Crippen LogP contribution is 2.19. The van der Waals surface area contributed by atoms with E-state index in [0.29, 0.717) is 18.8 Å². The van der Waals surface area contributed by atoms with Crippen LogP contribution in [0.25, 0.3) is 0 Å². The summed E-state index contributed by atoms with van der Waals surface area (Å²) in [7, 11) is 0. The van der Waals surface area contributed by atoms with Crippen LogP contribution in [-0.2, 0) is 11.3 Å². The molecular weight excluding hydrogens is 294 g/mol. The number of nitrogens with one attached hydrogen (secondary N) is 1. The van der Waals surface area contributed by atoms with Crippen LogP contribution in [0.5, 0.6) is 0 Å². The lowest BCUT2D eigenvalue weighted by atomic mass is 9.97. The Kier molecular flexibility index (Phi) is 5.82. The molecule has 3 rings (SSSR count). The van der Waals surface area contributed by atoms with Crippen LogP contribution in [0.2, 0.25) is 0 Å². The average molecular weight is 319 g/mol. The Morgan fingerprint density at radius 3 is 2.96 bits per heavy atom. The van der Waals surface area contributed by atoms with Gasteiger partial charge in [-0.2, -0.15) is 0 Å². The second kappa shape index (κ2) is 8.26. The van der Waals surface area contributed by atoms with Crippen molar-refractivity contribution < 1.29 is 14.1 Å². The number of ether oxygens (including phenoxy) is 1. The van der Waals surface area contributed by atoms with Crippen molar-refractivity contribution in [3.8, 4) is 0 Å². The third-order valence-corrected chi connectivity index (χ3v) is 4.39. The van der Waals surface area contributed by atoms with E-state index < -0.39 is 0 Å². The fourth-order valence-corrected chi connectivity index (χ4v) is 3.03. The monoisotopic (exact) mass is 319 g/mol. The molecule has 0 unspecified atom stereocenters. The lowest BCUT2D eigenvalue weighted by Gasteiger charge is -2.25. The van der Waals surface area contributed by atoms with Crippen LogP contribution < -0.4 is 5.32 Å². The Labute approximate surface area is 136 Å². The van der Waals surface area contributed by atoms with Gasteiger partial charge in [0.15, 0.2) is 11.5 Å². The van der Waals surface area contributed by atoms with E-state index in [0.717, 1.165) is 38.5 Å². The molecule has 1 N–H and O–H groups in total. The van der Waals surface area contributed by atoms with E-state index >= 15 is 0 Å². The molecule has 1 fully saturated rings. The average Bonchev–Trinajstić information content (AvgIpc) is 3.05. The van der Waals surface area contributed by atoms with Crippen molar-refractivity contribution in [2.45, 2.75) is 38.6 Å². The predicted molar refractivity (Wildman–Crippen MR) is 86.1 cm³/mol. The van der Waals surface area contributed by atoms with Crippen LogP contribution in [0, 0.1) is 0 Å². The van der Waals surface area contributed by atoms with Crippen LogP contribution in [0.4, 0.5) is 0 Å². The van der Waals surface area contributed by atoms with Crippen molar-refractivity contribution in [1.29, 1.82) is 0 Å². The summed E-state index contributed by atoms with van der Waals surface area (Å²) in [6.07, 6.45) is 8.16. The van der Waals surface area contributed by atoms with Crippen molar-refractivity contribution in [2.24, 2.45) is 0 Å². The minimum absolute atomic E-state index is 0.154. The molecule has 23 heavy (non-hydrogen) atoms. The summed E-state index contributed by atoms with van der Waals surface area (Å²) in [5.41, 5.74) is 1.83. The molecule has 2 heterocycles. The molecule has 1 aromatic heterocycles. The molecule has 0 spiro atoms. The van der Waals surface area contributed by atoms with Crippen molar-refractivity contribution in [3.63, 3.8) is 0 Å². The largest absolute Gasteiger partial charge is 0.379 e. The topological polar surface area (TPSA) is 67.6 Å². The van der Waals surface area contributed by atoms with Gasteiger partial charge in [-0.05, 0) is 32.1 Å². The maximum absolute atomic E-state index is 12.1. The third kappa shape index (κ3) is 4.91. The number of hydrogen-bond acceptors (Lipinski definition) is 5. The number of allylic oxidation sites excluding steroid dienone is 1. The first-order chi connectivity index (χ1) is 11.3. The molecule has 0 aromatic carbocycles. The van der Waals surface area contributed by atoms with E-state index in [9.17, 15) is 4.79 Å². The molecule has 0 atom stereocenters. The zero-order chi connectivity index (χ0) is 15.9. The highest BCUT2D eigenvalue weighted by Gasteiger charge is 2.16. The Morgan fingerprint density at radius 2 is 2.17 bits per heavy atom. The SMILES string of the molecule is O=C(NCCC1=CCCCC1)c1cc(CN2CCOCC2)on1. The Bertz CT molecular complexity index is 547. The Balaban J connectivity index is 1.43. The first kappa shape index (κ1) is 16.2. The predicted octanol–water partition coefficient (Wildman–Crippen LogP) is 2.13. The van der Waals surface area contributed by atoms with Crippen molar-refractivity contribution >= 4 is 5.91 Å². The number of carbonyl (C=O) groups excluding carboxylic acids is 1. The highest BCUT2D eigenvalue weighted by molar-refractivity contribution is 5.92. The van der Waals surface area contributed by atoms with Gasteiger partial charge in [0.1, 0.15) is 0 Å². The first-order valence-electron chi connectivity index (χ1n) is 8.53. The van der Waals surface area contributed by atoms with Crippen LogP contribution in [0.1, 0.15) is 48.4 Å². The summed E-state index contributed by atoms with van der Waals surface area (Å²) in [4.78, 5) is 14.3. The van der Waals surface area contributed by atoms with Gasteiger partial charge >= 0.3 is 0 Å². The second-order valence-electron chi connectivity index (χ2n) is 6.18. The molecule has 126 valence electrons. The number of nitrogens with zero attached hydrogens (tertiary/aromatic N) is 2. The molecule has 1 aromatic rings. The summed E-state index contributed by atoms with van der Waals surface area (Å²) >= 11 is 0. The summed E-state index contributed by atoms with van der Waals surface area (Å²) < 4.78 is 10.6. The summed E-state index contributed by atoms with van der Waals surface area (Å²) in [6, 6.07) is 1.74. The van der Waals surface area contributed by atoms with Gasteiger partial charge in [0.05, 0.1) is 19.8 Å². The highest BCUT2D eigenvalue weighted by atomic mass is 16.5. The van der Waals surface area contributed by atoms with Crippen LogP contribution in [-0.4, -0.2) is 48.8 Å². The molecule has 1 aliphatic carbocycles. The van der Waals surface area contributed by atoms with E-state index in [1.807, 2.05) is 0 Å². The van der Waals surface area contributed by atoms with E-state index in [-0.39, 0.29) is 5.91 Å². The molecule has 1 saturated heterocycles. The maximum Gasteiger partial charge on any atom is 0.273 e. The first-order valence-corrected chi connectivity index (χ1v) is 8.53. The Hall–Kier alpha value is -1.66. The molecule has 1 aliphatic heterocycles. The fraction of sp³-hybridized carbons (Fsp3) is 0.647. The molecule has 0 bridgehead atoms. The third-order valence-electron chi connectivity index (χ3n) is 4.39. The smallest absolute Gasteiger partial charge is 0.273 e. The number of morpholine rings is 1. The summed E-state index contributed by atoms with van der Waals surface area (Å²) in [6.45, 7) is 4.61. The summed E-state index contributed by atoms with van der Waals surface area (Å²) in [5.74, 6) is 0.574. The molecule has 6 heteroatoms. The number of amides is 1. The minimum atomic E-state index is -0.154. The molecule has 2 aliphatic rings. The van der Waals surface area contributed by atoms with Gasteiger partial charge in [-0.3, -0.25) is 9.69 Å². The number of hydrogen-bond donors (Lipinski definition) is 1. The van der Waals surface area contributed by atoms with Gasteiger partial charge in [-0.1, -0.05) is 16.8 Å².